The molecule has 1 atom stereocenters. The van der Waals surface area contributed by atoms with E-state index in [1.54, 1.807) is 17.2 Å². The molecule has 2 fully saturated rings. The fourth-order valence-electron chi connectivity index (χ4n) is 3.83. The third kappa shape index (κ3) is 5.82. The molecule has 8 nitrogen and oxygen atoms in total. The highest BCUT2D eigenvalue weighted by Gasteiger charge is 2.33. The maximum absolute atomic E-state index is 15.1. The number of anilines is 2. The van der Waals surface area contributed by atoms with E-state index in [4.69, 9.17) is 21.8 Å². The minimum absolute atomic E-state index is 0.00934. The Bertz CT molecular complexity index is 1090. The highest BCUT2D eigenvalue weighted by Crippen LogP contribution is 2.28. The summed E-state index contributed by atoms with van der Waals surface area (Å²) in [7, 11) is 0. The van der Waals surface area contributed by atoms with Crippen LogP contribution in [0.4, 0.5) is 29.3 Å². The number of alkyl halides is 2. The quantitative estimate of drug-likeness (QED) is 0.602. The zero-order valence-corrected chi connectivity index (χ0v) is 19.3. The molecule has 1 N–H and O–H groups in total. The number of rotatable bonds is 6. The summed E-state index contributed by atoms with van der Waals surface area (Å²) >= 11 is 5.53. The van der Waals surface area contributed by atoms with Crippen LogP contribution in [-0.4, -0.2) is 73.9 Å². The van der Waals surface area contributed by atoms with Crippen molar-refractivity contribution in [3.05, 3.63) is 59.9 Å². The molecule has 2 heterocycles. The summed E-state index contributed by atoms with van der Waals surface area (Å²) in [6.45, 7) is 1.35. The molecule has 2 aliphatic heterocycles. The first kappa shape index (κ1) is 24.7. The first-order valence-electron chi connectivity index (χ1n) is 10.9. The number of nitrogens with one attached hydrogen (secondary N) is 1. The van der Waals surface area contributed by atoms with Crippen LogP contribution < -0.4 is 15.1 Å². The van der Waals surface area contributed by atoms with Gasteiger partial charge in [0.05, 0.1) is 37.6 Å². The summed E-state index contributed by atoms with van der Waals surface area (Å²) in [5.41, 5.74) is 1.46. The van der Waals surface area contributed by atoms with Crippen LogP contribution in [0.1, 0.15) is 5.56 Å². The Morgan fingerprint density at radius 2 is 1.91 bits per heavy atom. The van der Waals surface area contributed by atoms with E-state index in [0.717, 1.165) is 5.56 Å². The first-order valence-corrected chi connectivity index (χ1v) is 11.3. The zero-order valence-electron chi connectivity index (χ0n) is 18.5. The second-order valence-electron chi connectivity index (χ2n) is 7.89. The fourth-order valence-corrected chi connectivity index (χ4v) is 4.11. The van der Waals surface area contributed by atoms with Gasteiger partial charge in [0.2, 0.25) is 0 Å². The van der Waals surface area contributed by atoms with Gasteiger partial charge < -0.3 is 15.0 Å². The largest absolute Gasteiger partial charge is 0.442 e. The molecule has 0 aromatic heterocycles. The minimum atomic E-state index is -3.16. The van der Waals surface area contributed by atoms with E-state index in [9.17, 15) is 18.4 Å². The molecule has 0 aliphatic carbocycles. The molecule has 2 saturated heterocycles. The lowest BCUT2D eigenvalue weighted by Gasteiger charge is -2.24. The van der Waals surface area contributed by atoms with Crippen LogP contribution in [0.2, 0.25) is 0 Å². The summed E-state index contributed by atoms with van der Waals surface area (Å²) in [6.07, 6.45) is -4.73. The van der Waals surface area contributed by atoms with Gasteiger partial charge in [0.25, 0.3) is 5.91 Å². The average Bonchev–Trinajstić information content (AvgIpc) is 3.06. The highest BCUT2D eigenvalue weighted by atomic mass is 32.1. The lowest BCUT2D eigenvalue weighted by atomic mass is 10.2. The van der Waals surface area contributed by atoms with Crippen LogP contribution in [0.15, 0.2) is 48.5 Å². The van der Waals surface area contributed by atoms with Gasteiger partial charge in [0.1, 0.15) is 16.9 Å². The molecule has 2 aromatic carbocycles. The van der Waals surface area contributed by atoms with E-state index < -0.39 is 30.3 Å². The number of halogens is 3. The van der Waals surface area contributed by atoms with Crippen LogP contribution in [0.3, 0.4) is 0 Å². The third-order valence-corrected chi connectivity index (χ3v) is 6.03. The summed E-state index contributed by atoms with van der Waals surface area (Å²) in [5.74, 6) is -1.98. The molecule has 1 unspecified atom stereocenters. The van der Waals surface area contributed by atoms with Crippen LogP contribution in [0, 0.1) is 5.82 Å². The van der Waals surface area contributed by atoms with Crippen molar-refractivity contribution in [2.24, 2.45) is 0 Å². The number of benzene rings is 2. The molecular formula is C23H23F3N4O4S. The fraction of sp³-hybridized carbons (Fsp3) is 0.348. The van der Waals surface area contributed by atoms with Gasteiger partial charge in [-0.25, -0.2) is 14.2 Å². The number of nitrogens with zero attached hydrogens (tertiary/aromatic N) is 3. The van der Waals surface area contributed by atoms with Gasteiger partial charge in [-0.05, 0) is 18.2 Å². The second kappa shape index (κ2) is 10.9. The maximum Gasteiger partial charge on any atom is 0.414 e. The van der Waals surface area contributed by atoms with Crippen LogP contribution in [0.5, 0.6) is 0 Å². The van der Waals surface area contributed by atoms with Crippen molar-refractivity contribution in [3.63, 3.8) is 0 Å². The molecule has 12 heteroatoms. The molecule has 0 saturated carbocycles. The predicted octanol–water partition coefficient (Wildman–Crippen LogP) is 2.96. The van der Waals surface area contributed by atoms with E-state index in [2.05, 4.69) is 0 Å². The van der Waals surface area contributed by atoms with Crippen molar-refractivity contribution in [1.82, 2.24) is 10.4 Å². The summed E-state index contributed by atoms with van der Waals surface area (Å²) < 4.78 is 44.8. The highest BCUT2D eigenvalue weighted by molar-refractivity contribution is 7.80. The molecule has 0 spiro atoms. The predicted molar refractivity (Wildman–Crippen MR) is 126 cm³/mol. The molecule has 2 amide bonds. The summed E-state index contributed by atoms with van der Waals surface area (Å²) in [6, 6.07) is 13.8. The van der Waals surface area contributed by atoms with Gasteiger partial charge in [-0.3, -0.25) is 14.5 Å². The number of hydrogen-bond donors (Lipinski definition) is 1. The van der Waals surface area contributed by atoms with Gasteiger partial charge in [0.15, 0.2) is 0 Å². The number of cyclic esters (lactones) is 1. The van der Waals surface area contributed by atoms with Crippen LogP contribution >= 0.6 is 12.2 Å². The van der Waals surface area contributed by atoms with E-state index >= 15 is 4.39 Å². The Hall–Kier alpha value is -3.38. The van der Waals surface area contributed by atoms with Crippen LogP contribution in [0.25, 0.3) is 0 Å². The summed E-state index contributed by atoms with van der Waals surface area (Å²) in [4.78, 5) is 32.6. The number of thiocarbonyl (C=S) groups is 1. The Balaban J connectivity index is 1.38. The second-order valence-corrected chi connectivity index (χ2v) is 8.28. The zero-order chi connectivity index (χ0) is 24.9. The van der Waals surface area contributed by atoms with Gasteiger partial charge in [-0.2, -0.15) is 8.78 Å². The lowest BCUT2D eigenvalue weighted by molar-refractivity contribution is -0.132. The van der Waals surface area contributed by atoms with Crippen molar-refractivity contribution in [2.45, 2.75) is 12.5 Å². The molecule has 0 radical (unpaired) electrons. The van der Waals surface area contributed by atoms with Crippen LogP contribution in [-0.2, 0) is 14.4 Å². The number of carbonyl (C=O) groups is 2. The molecule has 186 valence electrons. The monoisotopic (exact) mass is 508 g/mol. The third-order valence-electron chi connectivity index (χ3n) is 5.59. The Morgan fingerprint density at radius 3 is 2.63 bits per heavy atom. The van der Waals surface area contributed by atoms with Crippen molar-refractivity contribution >= 4 is 40.6 Å². The average molecular weight is 509 g/mol. The number of amides is 2. The Morgan fingerprint density at radius 1 is 1.14 bits per heavy atom. The van der Waals surface area contributed by atoms with Gasteiger partial charge in [-0.15, -0.1) is 0 Å². The molecule has 0 bridgehead atoms. The van der Waals surface area contributed by atoms with Gasteiger partial charge in [0, 0.05) is 18.7 Å². The SMILES string of the molecule is O=C(NCC1CN(c2ccc(N3CCON(C(=S)c4ccccc4)CC3)c(F)c2)C(=O)O1)C(F)F. The van der Waals surface area contributed by atoms with E-state index in [1.807, 2.05) is 40.5 Å². The number of hydroxylamine groups is 2. The maximum atomic E-state index is 15.1. The normalized spacial score (nSPS) is 18.5. The van der Waals surface area contributed by atoms with Crippen molar-refractivity contribution in [3.8, 4) is 0 Å². The van der Waals surface area contributed by atoms with E-state index in [1.165, 1.54) is 11.0 Å². The van der Waals surface area contributed by atoms with E-state index in [0.29, 0.717) is 36.9 Å². The number of carbonyl (C=O) groups excluding carboxylic acids is 2. The van der Waals surface area contributed by atoms with E-state index in [-0.39, 0.29) is 18.8 Å². The van der Waals surface area contributed by atoms with Gasteiger partial charge in [-0.1, -0.05) is 42.5 Å². The van der Waals surface area contributed by atoms with Crippen molar-refractivity contribution < 1.29 is 32.3 Å². The molecule has 4 rings (SSSR count). The first-order chi connectivity index (χ1) is 16.8. The molecular weight excluding hydrogens is 485 g/mol. The molecule has 2 aromatic rings. The van der Waals surface area contributed by atoms with Crippen molar-refractivity contribution in [2.75, 3.05) is 49.1 Å². The van der Waals surface area contributed by atoms with Gasteiger partial charge >= 0.3 is 12.5 Å². The smallest absolute Gasteiger partial charge is 0.414 e. The number of ether oxygens (including phenoxy) is 1. The number of hydrogen-bond acceptors (Lipinski definition) is 6. The molecule has 35 heavy (non-hydrogen) atoms. The van der Waals surface area contributed by atoms with Crippen molar-refractivity contribution in [1.29, 1.82) is 0 Å². The summed E-state index contributed by atoms with van der Waals surface area (Å²) in [5, 5.41) is 3.64. The topological polar surface area (TPSA) is 74.4 Å². The molecule has 2 aliphatic rings. The standard InChI is InChI=1S/C23H23F3N4O4S/c24-18-12-16(29-14-17(34-23(29)32)13-27-21(31)20(25)26)6-7-19(18)28-8-9-30(33-11-10-28)22(35)15-4-2-1-3-5-15/h1-7,12,17,20H,8-11,13-14H2,(H,27,31). The lowest BCUT2D eigenvalue weighted by Crippen LogP contribution is -2.37. The Labute approximate surface area is 205 Å². The Kier molecular flexibility index (Phi) is 7.71. The minimum Gasteiger partial charge on any atom is -0.442 e.